The first-order chi connectivity index (χ1) is 12.0. The third kappa shape index (κ3) is 6.00. The van der Waals surface area contributed by atoms with E-state index in [-0.39, 0.29) is 11.9 Å². The van der Waals surface area contributed by atoms with Gasteiger partial charge in [0.1, 0.15) is 0 Å². The molecule has 0 aliphatic rings. The van der Waals surface area contributed by atoms with Crippen molar-refractivity contribution in [2.24, 2.45) is 0 Å². The smallest absolute Gasteiger partial charge is 0.221 e. The molecule has 0 aliphatic heterocycles. The van der Waals surface area contributed by atoms with Gasteiger partial charge in [-0.05, 0) is 56.0 Å². The minimum Gasteiger partial charge on any atom is -0.387 e. The lowest BCUT2D eigenvalue weighted by atomic mass is 10.0. The minimum absolute atomic E-state index is 0.0661. The van der Waals surface area contributed by atoms with E-state index in [0.29, 0.717) is 0 Å². The third-order valence-electron chi connectivity index (χ3n) is 4.34. The number of anilines is 1. The summed E-state index contributed by atoms with van der Waals surface area (Å²) in [7, 11) is 0. The fourth-order valence-electron chi connectivity index (χ4n) is 2.82. The number of amides is 1. The van der Waals surface area contributed by atoms with E-state index in [1.165, 1.54) is 12.5 Å². The highest BCUT2D eigenvalue weighted by molar-refractivity contribution is 5.89. The van der Waals surface area contributed by atoms with Crippen molar-refractivity contribution < 1.29 is 9.90 Å². The molecule has 134 valence electrons. The first kappa shape index (κ1) is 19.2. The molecule has 2 aromatic carbocycles. The Balaban J connectivity index is 1.86. The van der Waals surface area contributed by atoms with Crippen molar-refractivity contribution in [3.8, 4) is 0 Å². The Morgan fingerprint density at radius 1 is 1.16 bits per heavy atom. The Labute approximate surface area is 150 Å². The Morgan fingerprint density at radius 3 is 2.56 bits per heavy atom. The van der Waals surface area contributed by atoms with Gasteiger partial charge in [0.15, 0.2) is 0 Å². The van der Waals surface area contributed by atoms with Gasteiger partial charge in [-0.25, -0.2) is 0 Å². The second-order valence-corrected chi connectivity index (χ2v) is 6.53. The van der Waals surface area contributed by atoms with Crippen molar-refractivity contribution in [1.29, 1.82) is 0 Å². The molecule has 4 heteroatoms. The number of benzene rings is 2. The van der Waals surface area contributed by atoms with Crippen LogP contribution < -0.4 is 10.6 Å². The second-order valence-electron chi connectivity index (χ2n) is 6.53. The first-order valence-corrected chi connectivity index (χ1v) is 8.81. The summed E-state index contributed by atoms with van der Waals surface area (Å²) in [6.07, 6.45) is 1.42. The van der Waals surface area contributed by atoms with E-state index in [1.54, 1.807) is 0 Å². The zero-order valence-corrected chi connectivity index (χ0v) is 15.3. The molecule has 1 amide bonds. The lowest BCUT2D eigenvalue weighted by molar-refractivity contribution is -0.114. The summed E-state index contributed by atoms with van der Waals surface area (Å²) < 4.78 is 0. The predicted molar refractivity (Wildman–Crippen MR) is 103 cm³/mol. The molecule has 3 N–H and O–H groups in total. The van der Waals surface area contributed by atoms with Crippen LogP contribution in [-0.2, 0) is 11.2 Å². The Kier molecular flexibility index (Phi) is 7.16. The van der Waals surface area contributed by atoms with Crippen LogP contribution in [0.2, 0.25) is 0 Å². The lowest BCUT2D eigenvalue weighted by Gasteiger charge is -2.22. The zero-order valence-electron chi connectivity index (χ0n) is 15.3. The lowest BCUT2D eigenvalue weighted by Crippen LogP contribution is -2.33. The topological polar surface area (TPSA) is 61.4 Å². The molecule has 4 nitrogen and oxygen atoms in total. The average Bonchev–Trinajstić information content (AvgIpc) is 2.60. The van der Waals surface area contributed by atoms with Gasteiger partial charge in [-0.15, -0.1) is 0 Å². The summed E-state index contributed by atoms with van der Waals surface area (Å²) >= 11 is 0. The van der Waals surface area contributed by atoms with Crippen LogP contribution in [0, 0.1) is 6.92 Å². The zero-order chi connectivity index (χ0) is 18.2. The number of aliphatic hydroxyl groups excluding tert-OH is 1. The van der Waals surface area contributed by atoms with Crippen LogP contribution in [-0.4, -0.2) is 23.6 Å². The van der Waals surface area contributed by atoms with Gasteiger partial charge < -0.3 is 15.7 Å². The molecular formula is C21H28N2O2. The van der Waals surface area contributed by atoms with Gasteiger partial charge in [-0.2, -0.15) is 0 Å². The van der Waals surface area contributed by atoms with Gasteiger partial charge in [-0.1, -0.05) is 42.5 Å². The van der Waals surface area contributed by atoms with E-state index < -0.39 is 6.10 Å². The van der Waals surface area contributed by atoms with Gasteiger partial charge in [0.25, 0.3) is 0 Å². The van der Waals surface area contributed by atoms with Crippen molar-refractivity contribution in [3.05, 3.63) is 65.2 Å². The van der Waals surface area contributed by atoms with E-state index in [4.69, 9.17) is 0 Å². The normalized spacial score (nSPS) is 13.3. The molecule has 2 rings (SSSR count). The Hall–Kier alpha value is -2.17. The summed E-state index contributed by atoms with van der Waals surface area (Å²) in [4.78, 5) is 11.3. The number of aryl methyl sites for hydroxylation is 2. The largest absolute Gasteiger partial charge is 0.387 e. The molecule has 0 fully saturated rings. The maximum atomic E-state index is 11.3. The van der Waals surface area contributed by atoms with Gasteiger partial charge in [-0.3, -0.25) is 4.79 Å². The summed E-state index contributed by atoms with van der Waals surface area (Å²) in [5.41, 5.74) is 3.86. The summed E-state index contributed by atoms with van der Waals surface area (Å²) in [5, 5.41) is 16.8. The van der Waals surface area contributed by atoms with Crippen molar-refractivity contribution >= 4 is 11.6 Å². The second kappa shape index (κ2) is 9.35. The van der Waals surface area contributed by atoms with E-state index >= 15 is 0 Å². The number of carbonyl (C=O) groups is 1. The number of carbonyl (C=O) groups excluding carboxylic acids is 1. The van der Waals surface area contributed by atoms with Gasteiger partial charge in [0.2, 0.25) is 5.91 Å². The fraction of sp³-hybridized carbons (Fsp3) is 0.381. The molecule has 0 saturated carbocycles. The van der Waals surface area contributed by atoms with Crippen LogP contribution >= 0.6 is 0 Å². The van der Waals surface area contributed by atoms with E-state index in [9.17, 15) is 9.90 Å². The van der Waals surface area contributed by atoms with Crippen molar-refractivity contribution in [3.63, 3.8) is 0 Å². The molecule has 25 heavy (non-hydrogen) atoms. The molecular weight excluding hydrogens is 312 g/mol. The van der Waals surface area contributed by atoms with Crippen LogP contribution in [0.5, 0.6) is 0 Å². The average molecular weight is 340 g/mol. The summed E-state index contributed by atoms with van der Waals surface area (Å²) in [6, 6.07) is 16.0. The fourth-order valence-corrected chi connectivity index (χ4v) is 2.82. The third-order valence-corrected chi connectivity index (χ3v) is 4.34. The minimum atomic E-state index is -0.621. The monoisotopic (exact) mass is 340 g/mol. The van der Waals surface area contributed by atoms with Crippen molar-refractivity contribution in [1.82, 2.24) is 5.32 Å². The molecule has 2 unspecified atom stereocenters. The van der Waals surface area contributed by atoms with Crippen LogP contribution in [0.3, 0.4) is 0 Å². The number of rotatable bonds is 8. The molecule has 0 radical (unpaired) electrons. The van der Waals surface area contributed by atoms with Crippen molar-refractivity contribution in [2.45, 2.75) is 45.8 Å². The number of aliphatic hydroxyl groups is 1. The molecule has 2 atom stereocenters. The summed E-state index contributed by atoms with van der Waals surface area (Å²) in [5.74, 6) is -0.109. The predicted octanol–water partition coefficient (Wildman–Crippen LogP) is 3.60. The highest BCUT2D eigenvalue weighted by Crippen LogP contribution is 2.23. The number of hydrogen-bond acceptors (Lipinski definition) is 3. The molecule has 0 heterocycles. The first-order valence-electron chi connectivity index (χ1n) is 8.81. The Morgan fingerprint density at radius 2 is 1.88 bits per heavy atom. The molecule has 0 spiro atoms. The molecule has 0 aromatic heterocycles. The van der Waals surface area contributed by atoms with E-state index in [0.717, 1.165) is 36.2 Å². The van der Waals surface area contributed by atoms with Crippen LogP contribution in [0.4, 0.5) is 5.69 Å². The maximum Gasteiger partial charge on any atom is 0.221 e. The van der Waals surface area contributed by atoms with E-state index in [1.807, 2.05) is 38.1 Å². The van der Waals surface area contributed by atoms with Gasteiger partial charge in [0, 0.05) is 18.7 Å². The standard InChI is InChI=1S/C21H28N2O2/c1-15-11-12-19(14-20(15)23-17(3)24)21(25)16(2)22-13-7-10-18-8-5-4-6-9-18/h4-6,8-9,11-12,14,16,21-22,25H,7,10,13H2,1-3H3,(H,23,24). The van der Waals surface area contributed by atoms with Gasteiger partial charge in [0.05, 0.1) is 6.10 Å². The molecule has 2 aromatic rings. The van der Waals surface area contributed by atoms with Crippen LogP contribution in [0.1, 0.15) is 43.1 Å². The van der Waals surface area contributed by atoms with Crippen LogP contribution in [0.25, 0.3) is 0 Å². The molecule has 0 bridgehead atoms. The quantitative estimate of drug-likeness (QED) is 0.644. The van der Waals surface area contributed by atoms with Gasteiger partial charge >= 0.3 is 0 Å². The van der Waals surface area contributed by atoms with Crippen LogP contribution in [0.15, 0.2) is 48.5 Å². The maximum absolute atomic E-state index is 11.3. The molecule has 0 saturated heterocycles. The molecule has 0 aliphatic carbocycles. The highest BCUT2D eigenvalue weighted by atomic mass is 16.3. The van der Waals surface area contributed by atoms with E-state index in [2.05, 4.69) is 34.9 Å². The SMILES string of the molecule is CC(=O)Nc1cc(C(O)C(C)NCCCc2ccccc2)ccc1C. The number of nitrogens with one attached hydrogen (secondary N) is 2. The Bertz CT molecular complexity index is 686. The van der Waals surface area contributed by atoms with Crippen molar-refractivity contribution in [2.75, 3.05) is 11.9 Å². The highest BCUT2D eigenvalue weighted by Gasteiger charge is 2.17. The number of hydrogen-bond donors (Lipinski definition) is 3. The summed E-state index contributed by atoms with van der Waals surface area (Å²) in [6.45, 7) is 6.24.